The number of hydrogen-bond donors (Lipinski definition) is 0. The molecule has 1 aliphatic rings. The number of hydrogen-bond acceptors (Lipinski definition) is 2. The first kappa shape index (κ1) is 20.4. The molecule has 1 fully saturated rings. The van der Waals surface area contributed by atoms with Crippen LogP contribution in [-0.4, -0.2) is 21.9 Å². The van der Waals surface area contributed by atoms with E-state index in [1.165, 1.54) is 23.9 Å². The fourth-order valence-corrected chi connectivity index (χ4v) is 4.65. The van der Waals surface area contributed by atoms with Crippen molar-refractivity contribution in [3.63, 3.8) is 0 Å². The summed E-state index contributed by atoms with van der Waals surface area (Å²) in [5, 5.41) is 1.65. The number of benzene rings is 2. The van der Waals surface area contributed by atoms with Crippen molar-refractivity contribution in [1.29, 1.82) is 0 Å². The van der Waals surface area contributed by atoms with Gasteiger partial charge < -0.3 is 4.90 Å². The molecule has 1 saturated heterocycles. The van der Waals surface area contributed by atoms with Gasteiger partial charge in [-0.25, -0.2) is 4.99 Å². The summed E-state index contributed by atoms with van der Waals surface area (Å²) in [5.74, 6) is 0.773. The molecule has 27 heavy (non-hydrogen) atoms. The van der Waals surface area contributed by atoms with Crippen molar-refractivity contribution >= 4 is 45.8 Å². The van der Waals surface area contributed by atoms with Gasteiger partial charge in [-0.15, -0.1) is 0 Å². The van der Waals surface area contributed by atoms with E-state index < -0.39 is 11.7 Å². The van der Waals surface area contributed by atoms with Crippen LogP contribution in [0.25, 0.3) is 0 Å². The van der Waals surface area contributed by atoms with Crippen molar-refractivity contribution in [2.24, 2.45) is 4.99 Å². The highest BCUT2D eigenvalue weighted by atomic mass is 35.5. The van der Waals surface area contributed by atoms with Gasteiger partial charge in [0.2, 0.25) is 0 Å². The largest absolute Gasteiger partial charge is 0.418 e. The van der Waals surface area contributed by atoms with Crippen molar-refractivity contribution in [2.75, 3.05) is 5.75 Å². The number of halogens is 5. The summed E-state index contributed by atoms with van der Waals surface area (Å²) in [5.41, 5.74) is 0.0535. The monoisotopic (exact) mass is 432 g/mol. The van der Waals surface area contributed by atoms with Crippen LogP contribution in [0.4, 0.5) is 18.9 Å². The Morgan fingerprint density at radius 3 is 2.59 bits per heavy atom. The Morgan fingerprint density at radius 1 is 1.19 bits per heavy atom. The molecule has 144 valence electrons. The molecule has 0 radical (unpaired) electrons. The molecular formula is C19H17Cl2F3N2S. The molecule has 0 aromatic heterocycles. The van der Waals surface area contributed by atoms with Gasteiger partial charge in [-0.1, -0.05) is 60.1 Å². The summed E-state index contributed by atoms with van der Waals surface area (Å²) >= 11 is 13.7. The number of rotatable bonds is 4. The third-order valence-electron chi connectivity index (χ3n) is 4.34. The van der Waals surface area contributed by atoms with Gasteiger partial charge in [-0.3, -0.25) is 0 Å². The van der Waals surface area contributed by atoms with Crippen LogP contribution in [-0.2, 0) is 12.7 Å². The summed E-state index contributed by atoms with van der Waals surface area (Å²) in [4.78, 5) is 6.38. The molecule has 0 spiro atoms. The fraction of sp³-hybridized carbons (Fsp3) is 0.316. The zero-order valence-corrected chi connectivity index (χ0v) is 16.8. The molecule has 2 nitrogen and oxygen atoms in total. The van der Waals surface area contributed by atoms with Crippen molar-refractivity contribution in [1.82, 2.24) is 4.90 Å². The van der Waals surface area contributed by atoms with Gasteiger partial charge in [0.15, 0.2) is 5.17 Å². The second-order valence-corrected chi connectivity index (χ2v) is 7.98. The van der Waals surface area contributed by atoms with Gasteiger partial charge in [-0.05, 0) is 36.2 Å². The van der Waals surface area contributed by atoms with E-state index in [2.05, 4.69) is 4.99 Å². The molecule has 3 rings (SSSR count). The zero-order chi connectivity index (χ0) is 19.6. The molecule has 0 N–H and O–H groups in total. The van der Waals surface area contributed by atoms with E-state index in [0.717, 1.165) is 23.8 Å². The predicted molar refractivity (Wildman–Crippen MR) is 107 cm³/mol. The first-order valence-corrected chi connectivity index (χ1v) is 10.1. The molecule has 1 heterocycles. The quantitative estimate of drug-likeness (QED) is 0.515. The number of aliphatic imine (C=N–C) groups is 1. The van der Waals surface area contributed by atoms with Gasteiger partial charge in [0.05, 0.1) is 11.3 Å². The maximum Gasteiger partial charge on any atom is 0.418 e. The second-order valence-electron chi connectivity index (χ2n) is 6.15. The molecule has 2 aromatic rings. The maximum atomic E-state index is 13.3. The molecule has 2 aromatic carbocycles. The summed E-state index contributed by atoms with van der Waals surface area (Å²) in [7, 11) is 0. The van der Waals surface area contributed by atoms with Gasteiger partial charge in [-0.2, -0.15) is 13.2 Å². The third kappa shape index (κ3) is 4.73. The first-order valence-electron chi connectivity index (χ1n) is 8.38. The smallest absolute Gasteiger partial charge is 0.343 e. The number of para-hydroxylation sites is 1. The van der Waals surface area contributed by atoms with Gasteiger partial charge in [0.1, 0.15) is 0 Å². The lowest BCUT2D eigenvalue weighted by atomic mass is 10.1. The predicted octanol–water partition coefficient (Wildman–Crippen LogP) is 7.03. The van der Waals surface area contributed by atoms with Crippen LogP contribution in [0.1, 0.15) is 24.5 Å². The Hall–Kier alpha value is -1.37. The Morgan fingerprint density at radius 2 is 1.93 bits per heavy atom. The molecular weight excluding hydrogens is 416 g/mol. The summed E-state index contributed by atoms with van der Waals surface area (Å²) in [6.45, 7) is 2.52. The standard InChI is InChI=1S/C19H17Cl2F3N2S/c1-2-14-11-27-18(25-17-6-4-3-5-15(17)19(22,23)24)26(14)10-12-7-8-13(20)9-16(12)21/h3-9,14H,2,10-11H2,1H3. The number of alkyl halides is 3. The van der Waals surface area contributed by atoms with Crippen LogP contribution in [0, 0.1) is 0 Å². The minimum absolute atomic E-state index is 0.0727. The van der Waals surface area contributed by atoms with Gasteiger partial charge in [0.25, 0.3) is 0 Å². The van der Waals surface area contributed by atoms with E-state index in [0.29, 0.717) is 21.8 Å². The highest BCUT2D eigenvalue weighted by Gasteiger charge is 2.35. The van der Waals surface area contributed by atoms with Crippen molar-refractivity contribution < 1.29 is 13.2 Å². The van der Waals surface area contributed by atoms with Crippen molar-refractivity contribution in [3.05, 3.63) is 63.6 Å². The summed E-state index contributed by atoms with van der Waals surface area (Å²) in [6.07, 6.45) is -3.59. The van der Waals surface area contributed by atoms with Crippen molar-refractivity contribution in [2.45, 2.75) is 32.1 Å². The molecule has 1 atom stereocenters. The van der Waals surface area contributed by atoms with E-state index in [4.69, 9.17) is 23.2 Å². The molecule has 1 unspecified atom stereocenters. The van der Waals surface area contributed by atoms with E-state index in [9.17, 15) is 13.2 Å². The lowest BCUT2D eigenvalue weighted by Crippen LogP contribution is -2.33. The lowest BCUT2D eigenvalue weighted by molar-refractivity contribution is -0.137. The van der Waals surface area contributed by atoms with Crippen molar-refractivity contribution in [3.8, 4) is 0 Å². The Bertz CT molecular complexity index is 855. The third-order valence-corrected chi connectivity index (χ3v) is 6.07. The van der Waals surface area contributed by atoms with Crippen LogP contribution in [0.15, 0.2) is 47.5 Å². The maximum absolute atomic E-state index is 13.3. The van der Waals surface area contributed by atoms with Crippen LogP contribution in [0.2, 0.25) is 10.0 Å². The van der Waals surface area contributed by atoms with Crippen LogP contribution >= 0.6 is 35.0 Å². The fourth-order valence-electron chi connectivity index (χ4n) is 2.88. The van der Waals surface area contributed by atoms with Gasteiger partial charge >= 0.3 is 6.18 Å². The summed E-state index contributed by atoms with van der Waals surface area (Å²) < 4.78 is 39.8. The molecule has 8 heteroatoms. The average Bonchev–Trinajstić information content (AvgIpc) is 2.98. The first-order chi connectivity index (χ1) is 12.8. The highest BCUT2D eigenvalue weighted by molar-refractivity contribution is 8.14. The van der Waals surface area contributed by atoms with Crippen LogP contribution in [0.5, 0.6) is 0 Å². The van der Waals surface area contributed by atoms with E-state index in [1.807, 2.05) is 17.9 Å². The minimum Gasteiger partial charge on any atom is -0.343 e. The topological polar surface area (TPSA) is 15.6 Å². The average molecular weight is 433 g/mol. The van der Waals surface area contributed by atoms with Crippen LogP contribution in [0.3, 0.4) is 0 Å². The number of amidine groups is 1. The minimum atomic E-state index is -4.45. The zero-order valence-electron chi connectivity index (χ0n) is 14.4. The SMILES string of the molecule is CCC1CSC(=Nc2ccccc2C(F)(F)F)N1Cc1ccc(Cl)cc1Cl. The normalized spacial score (nSPS) is 19.1. The summed E-state index contributed by atoms with van der Waals surface area (Å²) in [6, 6.07) is 10.8. The lowest BCUT2D eigenvalue weighted by Gasteiger charge is -2.26. The van der Waals surface area contributed by atoms with Gasteiger partial charge in [0, 0.05) is 28.4 Å². The second kappa shape index (κ2) is 8.33. The number of thioether (sulfide) groups is 1. The molecule has 0 saturated carbocycles. The molecule has 0 amide bonds. The Labute approximate surface area is 170 Å². The molecule has 0 bridgehead atoms. The Balaban J connectivity index is 1.96. The molecule has 1 aliphatic heterocycles. The Kier molecular flexibility index (Phi) is 6.28. The van der Waals surface area contributed by atoms with E-state index in [1.54, 1.807) is 18.2 Å². The highest BCUT2D eigenvalue weighted by Crippen LogP contribution is 2.38. The van der Waals surface area contributed by atoms with E-state index in [-0.39, 0.29) is 11.7 Å². The van der Waals surface area contributed by atoms with Crippen LogP contribution < -0.4 is 0 Å². The molecule has 0 aliphatic carbocycles. The van der Waals surface area contributed by atoms with E-state index >= 15 is 0 Å². The number of nitrogens with zero attached hydrogens (tertiary/aromatic N) is 2.